The van der Waals surface area contributed by atoms with E-state index in [-0.39, 0.29) is 12.1 Å². The van der Waals surface area contributed by atoms with Gasteiger partial charge in [0.25, 0.3) is 0 Å². The first-order valence-corrected chi connectivity index (χ1v) is 15.3. The number of hydrogen-bond donors (Lipinski definition) is 1. The molecule has 0 unspecified atom stereocenters. The smallest absolute Gasteiger partial charge is 0.322 e. The van der Waals surface area contributed by atoms with Crippen LogP contribution in [-0.4, -0.2) is 40.4 Å². The molecule has 0 spiro atoms. The van der Waals surface area contributed by atoms with E-state index in [2.05, 4.69) is 52.6 Å². The van der Waals surface area contributed by atoms with Gasteiger partial charge in [0.05, 0.1) is 29.5 Å². The largest absolute Gasteiger partial charge is 0.360 e. The maximum atomic E-state index is 12.8. The lowest BCUT2D eigenvalue weighted by Crippen LogP contribution is -2.40. The first-order chi connectivity index (χ1) is 14.7. The summed E-state index contributed by atoms with van der Waals surface area (Å²) in [4.78, 5) is 19.5. The van der Waals surface area contributed by atoms with Crippen molar-refractivity contribution in [3.8, 4) is 0 Å². The first kappa shape index (κ1) is 22.2. The van der Waals surface area contributed by atoms with Crippen LogP contribution in [0.3, 0.4) is 0 Å². The fraction of sp³-hybridized carbons (Fsp3) is 0.409. The van der Waals surface area contributed by atoms with Crippen LogP contribution in [-0.2, 0) is 18.0 Å². The maximum absolute atomic E-state index is 12.8. The number of amides is 2. The zero-order valence-corrected chi connectivity index (χ0v) is 21.5. The molecule has 1 atom stereocenters. The Kier molecular flexibility index (Phi) is 6.36. The number of carbonyl (C=O) groups excluding carboxylic acids is 1. The van der Waals surface area contributed by atoms with Gasteiger partial charge in [0.2, 0.25) is 0 Å². The molecule has 4 rings (SSSR count). The van der Waals surface area contributed by atoms with Gasteiger partial charge >= 0.3 is 6.03 Å². The molecule has 0 saturated carbocycles. The summed E-state index contributed by atoms with van der Waals surface area (Å²) < 4.78 is 8.56. The van der Waals surface area contributed by atoms with Crippen LogP contribution in [0.2, 0.25) is 25.7 Å². The highest BCUT2D eigenvalue weighted by Gasteiger charge is 2.29. The molecule has 31 heavy (non-hydrogen) atoms. The van der Waals surface area contributed by atoms with Crippen LogP contribution in [0.5, 0.6) is 0 Å². The Hall–Kier alpha value is -1.98. The predicted molar refractivity (Wildman–Crippen MR) is 134 cm³/mol. The molecular weight excluding hydrogens is 521 g/mol. The van der Waals surface area contributed by atoms with Crippen molar-refractivity contribution in [2.75, 3.05) is 11.9 Å². The van der Waals surface area contributed by atoms with E-state index in [0.717, 1.165) is 44.3 Å². The summed E-state index contributed by atoms with van der Waals surface area (Å²) in [5.74, 6) is 0. The van der Waals surface area contributed by atoms with Crippen LogP contribution in [0.15, 0.2) is 36.4 Å². The Morgan fingerprint density at radius 2 is 2.00 bits per heavy atom. The maximum Gasteiger partial charge on any atom is 0.322 e. The summed E-state index contributed by atoms with van der Waals surface area (Å²) in [6.07, 6.45) is 0. The van der Waals surface area contributed by atoms with Gasteiger partial charge in [0.15, 0.2) is 0 Å². The third kappa shape index (κ3) is 4.93. The number of urea groups is 1. The minimum absolute atomic E-state index is 0.0478. The molecule has 3 heterocycles. The van der Waals surface area contributed by atoms with Gasteiger partial charge in [-0.15, -0.1) is 0 Å². The number of benzene rings is 1. The molecule has 9 heteroatoms. The first-order valence-electron chi connectivity index (χ1n) is 10.5. The number of ether oxygens (including phenoxy) is 1. The molecule has 7 nitrogen and oxygen atoms in total. The van der Waals surface area contributed by atoms with Crippen molar-refractivity contribution in [2.45, 2.75) is 51.9 Å². The fourth-order valence-electron chi connectivity index (χ4n) is 3.60. The molecule has 164 valence electrons. The summed E-state index contributed by atoms with van der Waals surface area (Å²) in [5, 5.41) is 7.64. The SMILES string of the molecule is C[C@H](c1ccccc1)N1Cc2nc3c(I)nn(COCC[Si](C)(C)C)c3cc2NC1=O. The van der Waals surface area contributed by atoms with Crippen LogP contribution < -0.4 is 5.32 Å². The monoisotopic (exact) mass is 549 g/mol. The molecule has 1 aliphatic heterocycles. The Morgan fingerprint density at radius 3 is 2.71 bits per heavy atom. The normalized spacial score (nSPS) is 15.1. The van der Waals surface area contributed by atoms with Crippen molar-refractivity contribution in [3.05, 3.63) is 51.4 Å². The molecule has 1 aliphatic rings. The highest BCUT2D eigenvalue weighted by Crippen LogP contribution is 2.32. The molecule has 0 radical (unpaired) electrons. The molecule has 2 amide bonds. The fourth-order valence-corrected chi connectivity index (χ4v) is 5.01. The number of rotatable bonds is 7. The highest BCUT2D eigenvalue weighted by atomic mass is 127. The molecule has 1 aromatic carbocycles. The van der Waals surface area contributed by atoms with E-state index in [1.807, 2.05) is 52.9 Å². The van der Waals surface area contributed by atoms with E-state index in [0.29, 0.717) is 13.3 Å². The molecular formula is C22H28IN5O2Si. The number of carbonyl (C=O) groups is 1. The summed E-state index contributed by atoms with van der Waals surface area (Å²) in [7, 11) is -1.13. The standard InChI is InChI=1S/C22H28IN5O2Si/c1-15(16-8-6-5-7-9-16)27-13-18-17(25-22(27)29)12-19-20(24-18)21(23)26-28(19)14-30-10-11-31(2,3)4/h5-9,12,15H,10-11,13-14H2,1-4H3,(H,25,29)/t15-/m1/s1. The quantitative estimate of drug-likeness (QED) is 0.242. The number of pyridine rings is 1. The summed E-state index contributed by atoms with van der Waals surface area (Å²) >= 11 is 2.22. The average Bonchev–Trinajstić information content (AvgIpc) is 3.03. The molecule has 0 aliphatic carbocycles. The van der Waals surface area contributed by atoms with E-state index in [1.165, 1.54) is 0 Å². The van der Waals surface area contributed by atoms with Gasteiger partial charge in [-0.1, -0.05) is 50.0 Å². The predicted octanol–water partition coefficient (Wildman–Crippen LogP) is 5.46. The van der Waals surface area contributed by atoms with Crippen molar-refractivity contribution in [1.29, 1.82) is 0 Å². The lowest BCUT2D eigenvalue weighted by atomic mass is 10.1. The van der Waals surface area contributed by atoms with Crippen molar-refractivity contribution in [3.63, 3.8) is 0 Å². The molecule has 2 aromatic heterocycles. The van der Waals surface area contributed by atoms with Crippen LogP contribution in [0.4, 0.5) is 10.5 Å². The third-order valence-corrected chi connectivity index (χ3v) is 7.98. The van der Waals surface area contributed by atoms with Crippen molar-refractivity contribution < 1.29 is 9.53 Å². The Morgan fingerprint density at radius 1 is 1.26 bits per heavy atom. The summed E-state index contributed by atoms with van der Waals surface area (Å²) in [6.45, 7) is 10.6. The van der Waals surface area contributed by atoms with E-state index in [4.69, 9.17) is 9.72 Å². The van der Waals surface area contributed by atoms with Gasteiger partial charge in [-0.2, -0.15) is 5.10 Å². The van der Waals surface area contributed by atoms with Crippen molar-refractivity contribution in [1.82, 2.24) is 19.7 Å². The third-order valence-electron chi connectivity index (χ3n) is 5.55. The molecule has 0 fully saturated rings. The molecule has 0 saturated heterocycles. The molecule has 1 N–H and O–H groups in total. The Balaban J connectivity index is 1.56. The lowest BCUT2D eigenvalue weighted by Gasteiger charge is -2.33. The lowest BCUT2D eigenvalue weighted by molar-refractivity contribution is 0.0814. The number of aromatic nitrogens is 3. The van der Waals surface area contributed by atoms with Crippen LogP contribution >= 0.6 is 22.6 Å². The van der Waals surface area contributed by atoms with E-state index >= 15 is 0 Å². The number of hydrogen-bond acceptors (Lipinski definition) is 4. The summed E-state index contributed by atoms with van der Waals surface area (Å²) in [6, 6.07) is 13.0. The second kappa shape index (κ2) is 8.87. The van der Waals surface area contributed by atoms with E-state index in [1.54, 1.807) is 0 Å². The zero-order valence-electron chi connectivity index (χ0n) is 18.4. The van der Waals surface area contributed by atoms with Crippen molar-refractivity contribution >= 4 is 53.4 Å². The second-order valence-corrected chi connectivity index (χ2v) is 15.8. The van der Waals surface area contributed by atoms with Crippen LogP contribution in [0.25, 0.3) is 11.0 Å². The number of anilines is 1. The van der Waals surface area contributed by atoms with Gasteiger partial charge < -0.3 is 15.0 Å². The highest BCUT2D eigenvalue weighted by molar-refractivity contribution is 14.1. The van der Waals surface area contributed by atoms with Crippen LogP contribution in [0.1, 0.15) is 24.2 Å². The minimum Gasteiger partial charge on any atom is -0.360 e. The van der Waals surface area contributed by atoms with Gasteiger partial charge in [0.1, 0.15) is 15.9 Å². The van der Waals surface area contributed by atoms with Gasteiger partial charge in [0, 0.05) is 14.7 Å². The number of nitrogens with one attached hydrogen (secondary N) is 1. The van der Waals surface area contributed by atoms with Crippen LogP contribution in [0, 0.1) is 3.70 Å². The van der Waals surface area contributed by atoms with Gasteiger partial charge in [-0.25, -0.2) is 14.5 Å². The topological polar surface area (TPSA) is 72.3 Å². The Labute approximate surface area is 197 Å². The molecule has 0 bridgehead atoms. The zero-order chi connectivity index (χ0) is 22.2. The van der Waals surface area contributed by atoms with Crippen molar-refractivity contribution in [2.24, 2.45) is 0 Å². The average molecular weight is 549 g/mol. The number of nitrogens with zero attached hydrogens (tertiary/aromatic N) is 4. The minimum atomic E-state index is -1.13. The summed E-state index contributed by atoms with van der Waals surface area (Å²) in [5.41, 5.74) is 4.42. The second-order valence-electron chi connectivity index (χ2n) is 9.13. The Bertz CT molecular complexity index is 1100. The molecule has 3 aromatic rings. The van der Waals surface area contributed by atoms with E-state index in [9.17, 15) is 4.79 Å². The van der Waals surface area contributed by atoms with Gasteiger partial charge in [-0.3, -0.25) is 0 Å². The van der Waals surface area contributed by atoms with Gasteiger partial charge in [-0.05, 0) is 47.2 Å². The number of fused-ring (bicyclic) bond motifs is 2. The van der Waals surface area contributed by atoms with E-state index < -0.39 is 8.07 Å². The number of halogens is 1.